The Hall–Kier alpha value is -1.69. The van der Waals surface area contributed by atoms with Crippen LogP contribution in [0.25, 0.3) is 5.78 Å². The van der Waals surface area contributed by atoms with Gasteiger partial charge in [0.1, 0.15) is 5.82 Å². The molecule has 2 heterocycles. The molecule has 0 amide bonds. The third-order valence-electron chi connectivity index (χ3n) is 2.51. The van der Waals surface area contributed by atoms with E-state index in [4.69, 9.17) is 5.73 Å². The van der Waals surface area contributed by atoms with Crippen LogP contribution in [0.2, 0.25) is 0 Å². The number of aromatic nitrogens is 4. The van der Waals surface area contributed by atoms with Crippen LogP contribution in [-0.4, -0.2) is 19.6 Å². The van der Waals surface area contributed by atoms with Gasteiger partial charge in [0, 0.05) is 11.8 Å². The summed E-state index contributed by atoms with van der Waals surface area (Å²) in [5.74, 6) is 1.21. The molecule has 16 heavy (non-hydrogen) atoms. The number of nitrogens with two attached hydrogens (primary N) is 1. The third kappa shape index (κ3) is 1.71. The van der Waals surface area contributed by atoms with Gasteiger partial charge in [-0.2, -0.15) is 9.50 Å². The molecule has 1 atom stereocenters. The van der Waals surface area contributed by atoms with E-state index in [0.29, 0.717) is 17.3 Å². The second kappa shape index (κ2) is 3.71. The summed E-state index contributed by atoms with van der Waals surface area (Å²) < 4.78 is 1.31. The molecule has 0 bridgehead atoms. The topological polar surface area (TPSA) is 89.1 Å². The van der Waals surface area contributed by atoms with Crippen LogP contribution in [-0.2, 0) is 0 Å². The number of nitrogens with zero attached hydrogens (tertiary/aromatic N) is 3. The zero-order valence-corrected chi connectivity index (χ0v) is 9.56. The highest BCUT2D eigenvalue weighted by atomic mass is 16.1. The van der Waals surface area contributed by atoms with E-state index >= 15 is 0 Å². The van der Waals surface area contributed by atoms with E-state index in [-0.39, 0.29) is 17.5 Å². The van der Waals surface area contributed by atoms with E-state index in [2.05, 4.69) is 15.1 Å². The average Bonchev–Trinajstić information content (AvgIpc) is 2.60. The van der Waals surface area contributed by atoms with Crippen LogP contribution in [0, 0.1) is 12.8 Å². The maximum atomic E-state index is 11.6. The molecule has 0 saturated heterocycles. The van der Waals surface area contributed by atoms with Crippen LogP contribution >= 0.6 is 0 Å². The minimum atomic E-state index is -0.221. The molecule has 0 aliphatic rings. The molecule has 86 valence electrons. The first-order chi connectivity index (χ1) is 7.49. The second-order valence-corrected chi connectivity index (χ2v) is 4.25. The van der Waals surface area contributed by atoms with Crippen molar-refractivity contribution in [1.29, 1.82) is 0 Å². The van der Waals surface area contributed by atoms with Gasteiger partial charge >= 0.3 is 0 Å². The number of hydrogen-bond acceptors (Lipinski definition) is 4. The molecule has 2 aromatic heterocycles. The van der Waals surface area contributed by atoms with Gasteiger partial charge in [-0.15, -0.1) is 0 Å². The Kier molecular flexibility index (Phi) is 2.51. The van der Waals surface area contributed by atoms with Gasteiger partial charge in [-0.3, -0.25) is 9.89 Å². The molecule has 6 nitrogen and oxygen atoms in total. The first kappa shape index (κ1) is 10.8. The Balaban J connectivity index is 2.60. The van der Waals surface area contributed by atoms with E-state index in [0.717, 1.165) is 0 Å². The van der Waals surface area contributed by atoms with Crippen LogP contribution in [0.4, 0.5) is 0 Å². The summed E-state index contributed by atoms with van der Waals surface area (Å²) in [7, 11) is 0. The monoisotopic (exact) mass is 221 g/mol. The van der Waals surface area contributed by atoms with E-state index in [1.165, 1.54) is 10.6 Å². The Morgan fingerprint density at radius 2 is 2.12 bits per heavy atom. The van der Waals surface area contributed by atoms with Crippen LogP contribution in [0.15, 0.2) is 10.9 Å². The predicted octanol–water partition coefficient (Wildman–Crippen LogP) is 0.382. The summed E-state index contributed by atoms with van der Waals surface area (Å²) in [5.41, 5.74) is 6.44. The number of aromatic amines is 1. The first-order valence-electron chi connectivity index (χ1n) is 5.21. The van der Waals surface area contributed by atoms with Gasteiger partial charge in [0.2, 0.25) is 0 Å². The normalized spacial score (nSPS) is 13.6. The van der Waals surface area contributed by atoms with E-state index in [9.17, 15) is 4.79 Å². The van der Waals surface area contributed by atoms with E-state index in [1.807, 2.05) is 13.8 Å². The molecule has 0 saturated carbocycles. The van der Waals surface area contributed by atoms with Gasteiger partial charge < -0.3 is 5.73 Å². The van der Waals surface area contributed by atoms with Crippen molar-refractivity contribution in [1.82, 2.24) is 19.6 Å². The van der Waals surface area contributed by atoms with Crippen LogP contribution in [0.5, 0.6) is 0 Å². The number of fused-ring (bicyclic) bond motifs is 1. The van der Waals surface area contributed by atoms with Gasteiger partial charge in [-0.25, -0.2) is 4.98 Å². The van der Waals surface area contributed by atoms with Crippen molar-refractivity contribution in [3.63, 3.8) is 0 Å². The Bertz CT molecular complexity index is 568. The van der Waals surface area contributed by atoms with Crippen molar-refractivity contribution in [2.45, 2.75) is 26.8 Å². The molecule has 0 radical (unpaired) electrons. The van der Waals surface area contributed by atoms with Crippen LogP contribution in [0.1, 0.15) is 31.4 Å². The summed E-state index contributed by atoms with van der Waals surface area (Å²) in [5, 5.41) is 2.88. The fourth-order valence-corrected chi connectivity index (χ4v) is 1.47. The molecule has 1 unspecified atom stereocenters. The largest absolute Gasteiger partial charge is 0.321 e. The number of hydrogen-bond donors (Lipinski definition) is 2. The molecule has 3 N–H and O–H groups in total. The van der Waals surface area contributed by atoms with Crippen molar-refractivity contribution in [3.05, 3.63) is 27.9 Å². The summed E-state index contributed by atoms with van der Waals surface area (Å²) in [4.78, 5) is 20.0. The van der Waals surface area contributed by atoms with Crippen LogP contribution in [0.3, 0.4) is 0 Å². The minimum Gasteiger partial charge on any atom is -0.321 e. The molecule has 6 heteroatoms. The Morgan fingerprint density at radius 3 is 2.75 bits per heavy atom. The predicted molar refractivity (Wildman–Crippen MR) is 60.1 cm³/mol. The van der Waals surface area contributed by atoms with Gasteiger partial charge in [-0.1, -0.05) is 13.8 Å². The molecule has 2 rings (SSSR count). The summed E-state index contributed by atoms with van der Waals surface area (Å²) >= 11 is 0. The van der Waals surface area contributed by atoms with Crippen molar-refractivity contribution in [2.24, 2.45) is 11.7 Å². The SMILES string of the molecule is Cc1cc(=O)n2[nH]c(C(N)C(C)C)nc2n1. The number of nitrogens with one attached hydrogen (secondary N) is 1. The zero-order chi connectivity index (χ0) is 11.9. The number of aryl methyl sites for hydroxylation is 1. The number of H-pyrrole nitrogens is 1. The van der Waals surface area contributed by atoms with Crippen molar-refractivity contribution in [2.75, 3.05) is 0 Å². The lowest BCUT2D eigenvalue weighted by atomic mass is 10.1. The first-order valence-corrected chi connectivity index (χ1v) is 5.21. The molecular weight excluding hydrogens is 206 g/mol. The molecular formula is C10H15N5O. The number of rotatable bonds is 2. The van der Waals surface area contributed by atoms with E-state index in [1.54, 1.807) is 6.92 Å². The molecule has 0 aliphatic carbocycles. The summed E-state index contributed by atoms with van der Waals surface area (Å²) in [6.45, 7) is 5.76. The van der Waals surface area contributed by atoms with Gasteiger partial charge in [-0.05, 0) is 12.8 Å². The highest BCUT2D eigenvalue weighted by Crippen LogP contribution is 2.14. The van der Waals surface area contributed by atoms with Crippen LogP contribution < -0.4 is 11.3 Å². The second-order valence-electron chi connectivity index (χ2n) is 4.25. The lowest BCUT2D eigenvalue weighted by Crippen LogP contribution is -2.19. The summed E-state index contributed by atoms with van der Waals surface area (Å²) in [6.07, 6.45) is 0. The van der Waals surface area contributed by atoms with Gasteiger partial charge in [0.05, 0.1) is 6.04 Å². The molecule has 0 aliphatic heterocycles. The van der Waals surface area contributed by atoms with E-state index < -0.39 is 0 Å². The molecule has 0 aromatic carbocycles. The lowest BCUT2D eigenvalue weighted by Gasteiger charge is -2.10. The highest BCUT2D eigenvalue weighted by molar-refractivity contribution is 5.28. The quantitative estimate of drug-likeness (QED) is 0.767. The summed E-state index contributed by atoms with van der Waals surface area (Å²) in [6, 6.07) is 1.23. The molecule has 0 fully saturated rings. The Labute approximate surface area is 92.5 Å². The fourth-order valence-electron chi connectivity index (χ4n) is 1.47. The Morgan fingerprint density at radius 1 is 1.44 bits per heavy atom. The lowest BCUT2D eigenvalue weighted by molar-refractivity contribution is 0.490. The van der Waals surface area contributed by atoms with Crippen molar-refractivity contribution >= 4 is 5.78 Å². The average molecular weight is 221 g/mol. The standard InChI is InChI=1S/C10H15N5O/c1-5(2)8(11)9-13-10-12-6(3)4-7(16)15(10)14-9/h4-5,8H,11H2,1-3H3,(H,12,13,14). The van der Waals surface area contributed by atoms with Crippen molar-refractivity contribution < 1.29 is 0 Å². The highest BCUT2D eigenvalue weighted by Gasteiger charge is 2.16. The molecule has 2 aromatic rings. The van der Waals surface area contributed by atoms with Crippen molar-refractivity contribution in [3.8, 4) is 0 Å². The fraction of sp³-hybridized carbons (Fsp3) is 0.500. The molecule has 0 spiro atoms. The zero-order valence-electron chi connectivity index (χ0n) is 9.56. The minimum absolute atomic E-state index is 0.169. The van der Waals surface area contributed by atoms with Gasteiger partial charge in [0.15, 0.2) is 0 Å². The third-order valence-corrected chi connectivity index (χ3v) is 2.51. The van der Waals surface area contributed by atoms with Gasteiger partial charge in [0.25, 0.3) is 11.3 Å². The smallest absolute Gasteiger partial charge is 0.274 e. The maximum absolute atomic E-state index is 11.6. The maximum Gasteiger partial charge on any atom is 0.274 e.